The lowest BCUT2D eigenvalue weighted by atomic mass is 10.2. The highest BCUT2D eigenvalue weighted by atomic mass is 31.2. The number of nitrogens with one attached hydrogen (secondary N) is 2. The molecule has 2 amide bonds. The summed E-state index contributed by atoms with van der Waals surface area (Å²) in [5, 5.41) is 29.1. The smallest absolute Gasteiger partial charge is 0.480 e. The second kappa shape index (κ2) is 22.7. The van der Waals surface area contributed by atoms with E-state index >= 15 is 0 Å². The van der Waals surface area contributed by atoms with Crippen LogP contribution in [0.5, 0.6) is 0 Å². The molecule has 0 spiro atoms. The van der Waals surface area contributed by atoms with Crippen LogP contribution in [0.1, 0.15) is 26.7 Å². The van der Waals surface area contributed by atoms with Gasteiger partial charge in [0.2, 0.25) is 11.8 Å². The standard InChI is InChI=1S/C11H22N3O6P.C5H12NO4P.CH3O3P.CH2O/c1-6(9(15)14-7(2)11(17)18)13-10(16)8(12)4-5-21(3,19)20;1-11(9,10)3-2-4(6)5(7)8;2-1-5(3)4;1-2/h6-8H,4-5,12H2,1-3H3,(H,13,16)(H,14,15)(H,17,18)(H,19,20);4H,2-3,6H2,1H3,(H,7,8)(H,9,10);2H,1H2;1H2/p+1. The Morgan fingerprint density at radius 3 is 1.44 bits per heavy atom. The zero-order valence-electron chi connectivity index (χ0n) is 22.0. The van der Waals surface area contributed by atoms with E-state index in [0.717, 1.165) is 0 Å². The van der Waals surface area contributed by atoms with E-state index in [-0.39, 0.29) is 25.2 Å². The first-order valence-electron chi connectivity index (χ1n) is 10.7. The summed E-state index contributed by atoms with van der Waals surface area (Å²) >= 11 is 0. The van der Waals surface area contributed by atoms with Crippen LogP contribution in [0, 0.1) is 0 Å². The summed E-state index contributed by atoms with van der Waals surface area (Å²) in [6.45, 7) is 7.02. The molecule has 0 heterocycles. The van der Waals surface area contributed by atoms with E-state index < -0.39 is 77.0 Å². The molecule has 0 fully saturated rings. The molecule has 0 saturated carbocycles. The molecule has 0 bridgehead atoms. The van der Waals surface area contributed by atoms with Crippen molar-refractivity contribution in [1.29, 1.82) is 0 Å². The number of carboxylic acids is 2. The fourth-order valence-electron chi connectivity index (χ4n) is 1.80. The molecule has 7 atom stereocenters. The van der Waals surface area contributed by atoms with Crippen molar-refractivity contribution in [2.75, 3.05) is 32.0 Å². The lowest BCUT2D eigenvalue weighted by molar-refractivity contribution is -0.141. The van der Waals surface area contributed by atoms with E-state index in [1.807, 2.05) is 6.79 Å². The summed E-state index contributed by atoms with van der Waals surface area (Å²) in [5.74, 6) is -3.64. The van der Waals surface area contributed by atoms with E-state index in [0.29, 0.717) is 0 Å². The number of aliphatic hydroxyl groups excluding tert-OH is 1. The fourth-order valence-corrected chi connectivity index (χ4v) is 3.31. The number of amides is 2. The first-order chi connectivity index (χ1) is 17.5. The Morgan fingerprint density at radius 2 is 1.15 bits per heavy atom. The second-order valence-electron chi connectivity index (χ2n) is 7.97. The Hall–Kier alpha value is -2.13. The highest BCUT2D eigenvalue weighted by Crippen LogP contribution is 2.36. The van der Waals surface area contributed by atoms with Crippen LogP contribution in [0.2, 0.25) is 0 Å². The third-order valence-corrected chi connectivity index (χ3v) is 6.38. The first-order valence-corrected chi connectivity index (χ1v) is 16.7. The van der Waals surface area contributed by atoms with Crippen molar-refractivity contribution in [3.63, 3.8) is 0 Å². The second-order valence-corrected chi connectivity index (χ2v) is 14.1. The van der Waals surface area contributed by atoms with E-state index in [9.17, 15) is 32.9 Å². The number of hydrogen-bond acceptors (Lipinski definition) is 11. The van der Waals surface area contributed by atoms with Gasteiger partial charge in [0, 0.05) is 25.7 Å². The van der Waals surface area contributed by atoms with Gasteiger partial charge < -0.3 is 52.0 Å². The summed E-state index contributed by atoms with van der Waals surface area (Å²) in [5.41, 5.74) is 10.6. The molecule has 21 heteroatoms. The normalized spacial score (nSPS) is 16.5. The number of carbonyl (C=O) groups is 5. The van der Waals surface area contributed by atoms with Crippen LogP contribution >= 0.6 is 22.8 Å². The van der Waals surface area contributed by atoms with Crippen LogP contribution in [0.15, 0.2) is 0 Å². The molecule has 39 heavy (non-hydrogen) atoms. The number of carbonyl (C=O) groups excluding carboxylic acids is 3. The van der Waals surface area contributed by atoms with Crippen LogP contribution in [0.25, 0.3) is 0 Å². The molecule has 12 N–H and O–H groups in total. The summed E-state index contributed by atoms with van der Waals surface area (Å²) in [4.78, 5) is 77.5. The van der Waals surface area contributed by atoms with Gasteiger partial charge in [-0.05, 0) is 31.3 Å². The van der Waals surface area contributed by atoms with Gasteiger partial charge in [-0.3, -0.25) is 28.3 Å². The topological polar surface area (TPSA) is 334 Å². The van der Waals surface area contributed by atoms with E-state index in [2.05, 4.69) is 10.6 Å². The van der Waals surface area contributed by atoms with Crippen LogP contribution in [-0.4, -0.2) is 117 Å². The number of hydrogen-bond donors (Lipinski definition) is 10. The highest BCUT2D eigenvalue weighted by molar-refractivity contribution is 7.57. The van der Waals surface area contributed by atoms with Crippen molar-refractivity contribution in [3.8, 4) is 0 Å². The van der Waals surface area contributed by atoms with Crippen molar-refractivity contribution in [2.24, 2.45) is 11.5 Å². The summed E-state index contributed by atoms with van der Waals surface area (Å²) in [6, 6.07) is -4.09. The van der Waals surface area contributed by atoms with Crippen LogP contribution in [0.3, 0.4) is 0 Å². The van der Waals surface area contributed by atoms with Gasteiger partial charge in [0.25, 0.3) is 6.35 Å². The number of nitrogens with two attached hydrogens (primary N) is 2. The van der Waals surface area contributed by atoms with Crippen molar-refractivity contribution < 1.29 is 67.7 Å². The maximum absolute atomic E-state index is 11.7. The Morgan fingerprint density at radius 1 is 0.821 bits per heavy atom. The first kappa shape index (κ1) is 43.9. The largest absolute Gasteiger partial charge is 0.534 e. The molecular weight excluding hydrogens is 589 g/mol. The third kappa shape index (κ3) is 32.0. The van der Waals surface area contributed by atoms with Gasteiger partial charge >= 0.3 is 20.0 Å². The maximum atomic E-state index is 11.7. The maximum Gasteiger partial charge on any atom is 0.534 e. The summed E-state index contributed by atoms with van der Waals surface area (Å²) in [7, 11) is -8.64. The van der Waals surface area contributed by atoms with Gasteiger partial charge in [-0.2, -0.15) is 4.89 Å². The van der Waals surface area contributed by atoms with E-state index in [4.69, 9.17) is 46.3 Å². The van der Waals surface area contributed by atoms with Crippen LogP contribution in [-0.2, 0) is 37.7 Å². The predicted molar refractivity (Wildman–Crippen MR) is 141 cm³/mol. The molecule has 0 saturated heterocycles. The van der Waals surface area contributed by atoms with Gasteiger partial charge in [0.05, 0.1) is 6.04 Å². The van der Waals surface area contributed by atoms with Crippen molar-refractivity contribution in [3.05, 3.63) is 0 Å². The average molecular weight is 629 g/mol. The van der Waals surface area contributed by atoms with E-state index in [1.54, 1.807) is 0 Å². The van der Waals surface area contributed by atoms with Crippen LogP contribution < -0.4 is 22.1 Å². The van der Waals surface area contributed by atoms with Gasteiger partial charge in [0.15, 0.2) is 14.7 Å². The van der Waals surface area contributed by atoms with Crippen molar-refractivity contribution in [1.82, 2.24) is 10.6 Å². The number of aliphatic carboxylic acids is 2. The molecule has 18 nitrogen and oxygen atoms in total. The summed E-state index contributed by atoms with van der Waals surface area (Å²) in [6.07, 6.45) is -0.719. The van der Waals surface area contributed by atoms with Gasteiger partial charge in [-0.15, -0.1) is 0 Å². The highest BCUT2D eigenvalue weighted by Gasteiger charge is 2.24. The van der Waals surface area contributed by atoms with Gasteiger partial charge in [-0.1, -0.05) is 0 Å². The minimum absolute atomic E-state index is 0.00990. The minimum Gasteiger partial charge on any atom is -0.480 e. The molecule has 0 aromatic carbocycles. The molecule has 0 aromatic heterocycles. The van der Waals surface area contributed by atoms with Crippen LogP contribution in [0.4, 0.5) is 0 Å². The lowest BCUT2D eigenvalue weighted by Crippen LogP contribution is -2.52. The minimum atomic E-state index is -3.25. The Kier molecular flexibility index (Phi) is 25.5. The average Bonchev–Trinajstić information content (AvgIpc) is 2.81. The van der Waals surface area contributed by atoms with Crippen molar-refractivity contribution >= 4 is 53.3 Å². The predicted octanol–water partition coefficient (Wildman–Crippen LogP) is -2.13. The molecular formula is C18H40N4O14P3+. The SMILES string of the molecule is C=O.CC(NC(=O)C(C)NC(=O)C(N)CCP(C)(=O)O)C(=O)O.CP(=O)(O)CCC(N)C(=O)O.O=[P+](O)CO. The van der Waals surface area contributed by atoms with Gasteiger partial charge in [-0.25, -0.2) is 0 Å². The lowest BCUT2D eigenvalue weighted by Gasteiger charge is -2.19. The molecule has 0 rings (SSSR count). The van der Waals surface area contributed by atoms with Crippen molar-refractivity contribution in [2.45, 2.75) is 50.9 Å². The van der Waals surface area contributed by atoms with E-state index in [1.165, 1.54) is 27.2 Å². The number of rotatable bonds is 13. The molecule has 230 valence electrons. The molecule has 0 aromatic rings. The third-order valence-electron chi connectivity index (χ3n) is 3.97. The molecule has 0 aliphatic rings. The number of carboxylic acid groups (broad SMARTS) is 2. The summed E-state index contributed by atoms with van der Waals surface area (Å²) < 4.78 is 31.0. The number of aliphatic hydroxyl groups is 1. The zero-order chi connectivity index (χ0) is 32.1. The molecule has 0 aliphatic heterocycles. The molecule has 0 aliphatic carbocycles. The molecule has 0 radical (unpaired) electrons. The van der Waals surface area contributed by atoms with Gasteiger partial charge in [0.1, 0.15) is 24.9 Å². The Bertz CT molecular complexity index is 879. The Labute approximate surface area is 226 Å². The Balaban J connectivity index is -0.000000282. The molecule has 7 unspecified atom stereocenters. The monoisotopic (exact) mass is 629 g/mol. The quantitative estimate of drug-likeness (QED) is 0.0972. The fraction of sp³-hybridized carbons (Fsp3) is 0.722. The zero-order valence-corrected chi connectivity index (χ0v) is 24.7.